The van der Waals surface area contributed by atoms with Gasteiger partial charge >= 0.3 is 0 Å². The summed E-state index contributed by atoms with van der Waals surface area (Å²) in [5.41, 5.74) is 7.08. The number of nitrogens with one attached hydrogen (secondary N) is 2. The van der Waals surface area contributed by atoms with Crippen LogP contribution in [0.15, 0.2) is 54.7 Å². The number of aromatic hydroxyl groups is 1. The fourth-order valence-corrected chi connectivity index (χ4v) is 4.80. The van der Waals surface area contributed by atoms with Gasteiger partial charge in [0.25, 0.3) is 0 Å². The van der Waals surface area contributed by atoms with Crippen molar-refractivity contribution in [2.24, 2.45) is 11.7 Å². The summed E-state index contributed by atoms with van der Waals surface area (Å²) >= 11 is 0. The summed E-state index contributed by atoms with van der Waals surface area (Å²) in [6, 6.07) is 13.6. The van der Waals surface area contributed by atoms with Gasteiger partial charge in [0.1, 0.15) is 11.8 Å². The molecule has 1 aromatic heterocycles. The maximum absolute atomic E-state index is 13.7. The van der Waals surface area contributed by atoms with Gasteiger partial charge in [0.2, 0.25) is 11.8 Å². The molecule has 5 N–H and O–H groups in total. The van der Waals surface area contributed by atoms with E-state index in [9.17, 15) is 19.5 Å². The number of likely N-dealkylation sites (tertiary alicyclic amines) is 1. The molecule has 8 nitrogen and oxygen atoms in total. The molecule has 1 aliphatic rings. The number of phenols is 1. The number of fused-ring (bicyclic) bond motifs is 1. The number of amides is 2. The summed E-state index contributed by atoms with van der Waals surface area (Å²) in [4.78, 5) is 44.3. The molecule has 0 radical (unpaired) electrons. The van der Waals surface area contributed by atoms with Gasteiger partial charge in [-0.1, -0.05) is 30.3 Å². The first-order chi connectivity index (χ1) is 17.1. The SMILES string of the molecule is CC(C)(N)C(=O)NC(Cc1c[nH]c2ccccc12)C(=O)N1CCC[C@H](CC(=O)c2ccccc2O)C1. The average molecular weight is 491 g/mol. The van der Waals surface area contributed by atoms with Crippen LogP contribution in [0.2, 0.25) is 0 Å². The van der Waals surface area contributed by atoms with Gasteiger partial charge in [-0.15, -0.1) is 0 Å². The summed E-state index contributed by atoms with van der Waals surface area (Å²) in [5.74, 6) is -0.773. The van der Waals surface area contributed by atoms with Crippen molar-refractivity contribution in [1.82, 2.24) is 15.2 Å². The molecule has 0 bridgehead atoms. The minimum Gasteiger partial charge on any atom is -0.507 e. The molecule has 190 valence electrons. The summed E-state index contributed by atoms with van der Waals surface area (Å²) in [6.07, 6.45) is 4.02. The third-order valence-electron chi connectivity index (χ3n) is 6.80. The Bertz CT molecular complexity index is 1260. The van der Waals surface area contributed by atoms with Crippen molar-refractivity contribution in [3.05, 3.63) is 65.9 Å². The number of nitrogens with zero attached hydrogens (tertiary/aromatic N) is 1. The Morgan fingerprint density at radius 3 is 2.64 bits per heavy atom. The fraction of sp³-hybridized carbons (Fsp3) is 0.393. The molecule has 1 fully saturated rings. The highest BCUT2D eigenvalue weighted by atomic mass is 16.3. The molecule has 36 heavy (non-hydrogen) atoms. The molecule has 8 heteroatoms. The van der Waals surface area contributed by atoms with Crippen LogP contribution in [-0.4, -0.2) is 57.3 Å². The van der Waals surface area contributed by atoms with Crippen LogP contribution in [-0.2, 0) is 16.0 Å². The number of para-hydroxylation sites is 2. The third-order valence-corrected chi connectivity index (χ3v) is 6.80. The molecule has 0 aliphatic carbocycles. The van der Waals surface area contributed by atoms with Crippen LogP contribution < -0.4 is 11.1 Å². The van der Waals surface area contributed by atoms with Gasteiger partial charge in [0, 0.05) is 43.0 Å². The molecule has 2 amide bonds. The molecule has 1 unspecified atom stereocenters. The van der Waals surface area contributed by atoms with Gasteiger partial charge in [-0.2, -0.15) is 0 Å². The Kier molecular flexibility index (Phi) is 7.45. The minimum absolute atomic E-state index is 0.0230. The maximum atomic E-state index is 13.7. The summed E-state index contributed by atoms with van der Waals surface area (Å²) in [6.45, 7) is 4.20. The quantitative estimate of drug-likeness (QED) is 0.361. The number of aromatic nitrogens is 1. The Morgan fingerprint density at radius 2 is 1.89 bits per heavy atom. The first kappa shape index (κ1) is 25.4. The number of ketones is 1. The molecule has 1 aliphatic heterocycles. The van der Waals surface area contributed by atoms with Crippen LogP contribution in [0, 0.1) is 5.92 Å². The van der Waals surface area contributed by atoms with E-state index >= 15 is 0 Å². The number of rotatable bonds is 8. The molecule has 1 saturated heterocycles. The smallest absolute Gasteiger partial charge is 0.245 e. The van der Waals surface area contributed by atoms with Gasteiger partial charge in [-0.05, 0) is 56.4 Å². The van der Waals surface area contributed by atoms with E-state index in [1.807, 2.05) is 30.5 Å². The largest absolute Gasteiger partial charge is 0.507 e. The molecule has 3 aromatic rings. The molecule has 2 aromatic carbocycles. The van der Waals surface area contributed by atoms with Crippen molar-refractivity contribution in [2.75, 3.05) is 13.1 Å². The van der Waals surface area contributed by atoms with Gasteiger partial charge in [0.15, 0.2) is 5.78 Å². The summed E-state index contributed by atoms with van der Waals surface area (Å²) in [5, 5.41) is 13.9. The maximum Gasteiger partial charge on any atom is 0.245 e. The van der Waals surface area contributed by atoms with Crippen LogP contribution in [0.4, 0.5) is 0 Å². The summed E-state index contributed by atoms with van der Waals surface area (Å²) < 4.78 is 0. The molecule has 0 saturated carbocycles. The minimum atomic E-state index is -1.13. The molecular weight excluding hydrogens is 456 g/mol. The second-order valence-corrected chi connectivity index (χ2v) is 10.2. The van der Waals surface area contributed by atoms with Crippen LogP contribution in [0.1, 0.15) is 49.0 Å². The van der Waals surface area contributed by atoms with Crippen molar-refractivity contribution in [2.45, 2.75) is 51.1 Å². The number of piperidine rings is 1. The predicted molar refractivity (Wildman–Crippen MR) is 139 cm³/mol. The highest BCUT2D eigenvalue weighted by molar-refractivity contribution is 5.98. The lowest BCUT2D eigenvalue weighted by Crippen LogP contribution is -2.58. The lowest BCUT2D eigenvalue weighted by Gasteiger charge is -2.35. The molecule has 0 spiro atoms. The van der Waals surface area contributed by atoms with E-state index in [2.05, 4.69) is 10.3 Å². The fourth-order valence-electron chi connectivity index (χ4n) is 4.80. The molecular formula is C28H34N4O4. The number of nitrogens with two attached hydrogens (primary N) is 1. The first-order valence-electron chi connectivity index (χ1n) is 12.4. The molecule has 2 heterocycles. The number of phenolic OH excluding ortho intramolecular Hbond substituents is 1. The second kappa shape index (κ2) is 10.5. The average Bonchev–Trinajstić information content (AvgIpc) is 3.25. The highest BCUT2D eigenvalue weighted by Gasteiger charge is 2.34. The van der Waals surface area contributed by atoms with E-state index in [-0.39, 0.29) is 29.8 Å². The Balaban J connectivity index is 1.50. The lowest BCUT2D eigenvalue weighted by molar-refractivity contribution is -0.138. The van der Waals surface area contributed by atoms with E-state index in [1.165, 1.54) is 6.07 Å². The van der Waals surface area contributed by atoms with E-state index in [1.54, 1.807) is 36.9 Å². The van der Waals surface area contributed by atoms with E-state index in [0.29, 0.717) is 25.1 Å². The standard InChI is InChI=1S/C28H34N4O4/c1-28(2,29)27(36)31-23(15-19-16-30-22-11-5-3-9-20(19)22)26(35)32-13-7-8-18(17-32)14-25(34)21-10-4-6-12-24(21)33/h3-6,9-12,16,18,23,30,33H,7-8,13-15,17,29H2,1-2H3,(H,31,36)/t18-,23?/m1/s1. The Morgan fingerprint density at radius 1 is 1.17 bits per heavy atom. The zero-order valence-corrected chi connectivity index (χ0v) is 20.8. The molecule has 4 rings (SSSR count). The number of carbonyl (C=O) groups excluding carboxylic acids is 3. The van der Waals surface area contributed by atoms with Crippen LogP contribution in [0.5, 0.6) is 5.75 Å². The highest BCUT2D eigenvalue weighted by Crippen LogP contribution is 2.26. The van der Waals surface area contributed by atoms with Gasteiger partial charge < -0.3 is 26.0 Å². The van der Waals surface area contributed by atoms with Crippen molar-refractivity contribution in [3.8, 4) is 5.75 Å². The zero-order valence-electron chi connectivity index (χ0n) is 20.8. The monoisotopic (exact) mass is 490 g/mol. The number of Topliss-reactive ketones (excluding diaryl/α,β-unsaturated/α-hetero) is 1. The van der Waals surface area contributed by atoms with Crippen LogP contribution in [0.25, 0.3) is 10.9 Å². The predicted octanol–water partition coefficient (Wildman–Crippen LogP) is 3.15. The zero-order chi connectivity index (χ0) is 25.9. The Hall–Kier alpha value is -3.65. The van der Waals surface area contributed by atoms with E-state index < -0.39 is 17.5 Å². The van der Waals surface area contributed by atoms with E-state index in [0.717, 1.165) is 29.3 Å². The van der Waals surface area contributed by atoms with Crippen LogP contribution in [0.3, 0.4) is 0 Å². The van der Waals surface area contributed by atoms with Gasteiger partial charge in [0.05, 0.1) is 11.1 Å². The van der Waals surface area contributed by atoms with Crippen molar-refractivity contribution >= 4 is 28.5 Å². The number of hydrogen-bond donors (Lipinski definition) is 4. The van der Waals surface area contributed by atoms with Gasteiger partial charge in [-0.3, -0.25) is 14.4 Å². The summed E-state index contributed by atoms with van der Waals surface area (Å²) in [7, 11) is 0. The van der Waals surface area contributed by atoms with Crippen LogP contribution >= 0.6 is 0 Å². The topological polar surface area (TPSA) is 129 Å². The number of benzene rings is 2. The van der Waals surface area contributed by atoms with Crippen molar-refractivity contribution in [3.63, 3.8) is 0 Å². The normalized spacial score (nSPS) is 17.1. The molecule has 2 atom stereocenters. The number of aromatic amines is 1. The van der Waals surface area contributed by atoms with Crippen molar-refractivity contribution < 1.29 is 19.5 Å². The lowest BCUT2D eigenvalue weighted by atomic mass is 9.90. The number of carbonyl (C=O) groups is 3. The second-order valence-electron chi connectivity index (χ2n) is 10.2. The van der Waals surface area contributed by atoms with E-state index in [4.69, 9.17) is 5.73 Å². The Labute approximate surface area is 210 Å². The third kappa shape index (κ3) is 5.76. The van der Waals surface area contributed by atoms with Crippen molar-refractivity contribution in [1.29, 1.82) is 0 Å². The van der Waals surface area contributed by atoms with Gasteiger partial charge in [-0.25, -0.2) is 0 Å². The number of hydrogen-bond acceptors (Lipinski definition) is 5. The number of H-pyrrole nitrogens is 1. The first-order valence-corrected chi connectivity index (χ1v) is 12.4.